The van der Waals surface area contributed by atoms with E-state index in [1.807, 2.05) is 66.1 Å². The summed E-state index contributed by atoms with van der Waals surface area (Å²) in [6, 6.07) is 19.9. The SMILES string of the molecule is OCCC(=CSc1ccccc1)C(=S)Nc1ccccc1. The van der Waals surface area contributed by atoms with Gasteiger partial charge in [-0.05, 0) is 41.7 Å². The van der Waals surface area contributed by atoms with Crippen LogP contribution in [0.2, 0.25) is 0 Å². The lowest BCUT2D eigenvalue weighted by atomic mass is 10.2. The zero-order chi connectivity index (χ0) is 14.9. The molecule has 2 aromatic carbocycles. The van der Waals surface area contributed by atoms with Crippen LogP contribution in [0.25, 0.3) is 0 Å². The molecule has 2 aromatic rings. The van der Waals surface area contributed by atoms with Gasteiger partial charge in [-0.1, -0.05) is 60.4 Å². The highest BCUT2D eigenvalue weighted by Crippen LogP contribution is 2.22. The van der Waals surface area contributed by atoms with E-state index in [2.05, 4.69) is 5.32 Å². The normalized spacial score (nSPS) is 11.2. The highest BCUT2D eigenvalue weighted by atomic mass is 32.2. The molecule has 21 heavy (non-hydrogen) atoms. The first-order valence-electron chi connectivity index (χ1n) is 6.67. The van der Waals surface area contributed by atoms with Gasteiger partial charge in [-0.2, -0.15) is 0 Å². The molecule has 0 aromatic heterocycles. The van der Waals surface area contributed by atoms with Crippen molar-refractivity contribution in [3.63, 3.8) is 0 Å². The molecule has 0 saturated heterocycles. The van der Waals surface area contributed by atoms with Crippen LogP contribution in [0.1, 0.15) is 6.42 Å². The van der Waals surface area contributed by atoms with Crippen molar-refractivity contribution < 1.29 is 5.11 Å². The Hall–Kier alpha value is -1.62. The largest absolute Gasteiger partial charge is 0.396 e. The molecule has 2 N–H and O–H groups in total. The number of rotatable bonds is 6. The van der Waals surface area contributed by atoms with E-state index in [0.29, 0.717) is 11.4 Å². The van der Waals surface area contributed by atoms with Gasteiger partial charge in [0.2, 0.25) is 0 Å². The van der Waals surface area contributed by atoms with Gasteiger partial charge in [0.25, 0.3) is 0 Å². The van der Waals surface area contributed by atoms with Crippen LogP contribution in [0.5, 0.6) is 0 Å². The Labute approximate surface area is 134 Å². The van der Waals surface area contributed by atoms with E-state index in [1.165, 1.54) is 0 Å². The van der Waals surface area contributed by atoms with Crippen LogP contribution in [0.3, 0.4) is 0 Å². The minimum absolute atomic E-state index is 0.0811. The summed E-state index contributed by atoms with van der Waals surface area (Å²) in [6.07, 6.45) is 0.540. The summed E-state index contributed by atoms with van der Waals surface area (Å²) in [5.74, 6) is 0. The number of hydrogen-bond donors (Lipinski definition) is 2. The Kier molecular flexibility index (Phi) is 6.47. The van der Waals surface area contributed by atoms with Crippen molar-refractivity contribution in [2.45, 2.75) is 11.3 Å². The fraction of sp³-hybridized carbons (Fsp3) is 0.118. The van der Waals surface area contributed by atoms with Gasteiger partial charge in [0.1, 0.15) is 4.99 Å². The number of thioether (sulfide) groups is 1. The van der Waals surface area contributed by atoms with Crippen molar-refractivity contribution in [3.05, 3.63) is 71.6 Å². The van der Waals surface area contributed by atoms with Gasteiger partial charge in [0, 0.05) is 17.2 Å². The highest BCUT2D eigenvalue weighted by Gasteiger charge is 2.05. The number of aliphatic hydroxyl groups is 1. The molecule has 4 heteroatoms. The quantitative estimate of drug-likeness (QED) is 0.467. The fourth-order valence-electron chi connectivity index (χ4n) is 1.72. The molecule has 0 spiro atoms. The molecule has 2 rings (SSSR count). The Morgan fingerprint density at radius 3 is 2.29 bits per heavy atom. The van der Waals surface area contributed by atoms with Crippen molar-refractivity contribution in [2.75, 3.05) is 11.9 Å². The third-order valence-electron chi connectivity index (χ3n) is 2.78. The summed E-state index contributed by atoms with van der Waals surface area (Å²) >= 11 is 7.04. The molecule has 0 amide bonds. The van der Waals surface area contributed by atoms with Crippen LogP contribution in [0.15, 0.2) is 76.5 Å². The summed E-state index contributed by atoms with van der Waals surface area (Å²) in [7, 11) is 0. The van der Waals surface area contributed by atoms with Crippen LogP contribution in [0.4, 0.5) is 5.69 Å². The number of para-hydroxylation sites is 1. The lowest BCUT2D eigenvalue weighted by Gasteiger charge is -2.11. The molecule has 0 radical (unpaired) electrons. The molecule has 0 saturated carbocycles. The summed E-state index contributed by atoms with van der Waals surface area (Å²) in [5, 5.41) is 14.4. The van der Waals surface area contributed by atoms with E-state index in [1.54, 1.807) is 11.8 Å². The van der Waals surface area contributed by atoms with Crippen molar-refractivity contribution in [2.24, 2.45) is 0 Å². The van der Waals surface area contributed by atoms with Gasteiger partial charge < -0.3 is 10.4 Å². The first-order valence-corrected chi connectivity index (χ1v) is 7.96. The number of hydrogen-bond acceptors (Lipinski definition) is 3. The van der Waals surface area contributed by atoms with E-state index in [0.717, 1.165) is 16.2 Å². The average Bonchev–Trinajstić information content (AvgIpc) is 2.53. The Morgan fingerprint density at radius 1 is 1.05 bits per heavy atom. The summed E-state index contributed by atoms with van der Waals surface area (Å²) in [6.45, 7) is 0.0811. The molecule has 2 nitrogen and oxygen atoms in total. The number of thiocarbonyl (C=S) groups is 1. The van der Waals surface area contributed by atoms with Crippen molar-refractivity contribution in [3.8, 4) is 0 Å². The topological polar surface area (TPSA) is 32.3 Å². The molecule has 0 heterocycles. The monoisotopic (exact) mass is 315 g/mol. The molecule has 0 aliphatic heterocycles. The third kappa shape index (κ3) is 5.34. The van der Waals surface area contributed by atoms with Gasteiger partial charge in [0.15, 0.2) is 0 Å². The molecule has 108 valence electrons. The lowest BCUT2D eigenvalue weighted by molar-refractivity contribution is 0.301. The van der Waals surface area contributed by atoms with Crippen molar-refractivity contribution in [1.82, 2.24) is 0 Å². The fourth-order valence-corrected chi connectivity index (χ4v) is 2.90. The third-order valence-corrected chi connectivity index (χ3v) is 4.10. The number of aliphatic hydroxyl groups excluding tert-OH is 1. The standard InChI is InChI=1S/C17H17NOS2/c19-12-11-14(13-21-16-9-5-2-6-10-16)17(20)18-15-7-3-1-4-8-15/h1-10,13,19H,11-12H2,(H,18,20). The van der Waals surface area contributed by atoms with Crippen LogP contribution in [-0.4, -0.2) is 16.7 Å². The maximum absolute atomic E-state index is 9.21. The zero-order valence-electron chi connectivity index (χ0n) is 11.5. The average molecular weight is 315 g/mol. The second-order valence-electron chi connectivity index (χ2n) is 4.37. The number of benzene rings is 2. The van der Waals surface area contributed by atoms with E-state index >= 15 is 0 Å². The van der Waals surface area contributed by atoms with E-state index < -0.39 is 0 Å². The summed E-state index contributed by atoms with van der Waals surface area (Å²) in [4.78, 5) is 1.80. The first-order chi connectivity index (χ1) is 10.3. The molecule has 0 bridgehead atoms. The minimum Gasteiger partial charge on any atom is -0.396 e. The lowest BCUT2D eigenvalue weighted by Crippen LogP contribution is -2.12. The molecular formula is C17H17NOS2. The second-order valence-corrected chi connectivity index (χ2v) is 5.72. The molecule has 0 atom stereocenters. The second kappa shape index (κ2) is 8.62. The van der Waals surface area contributed by atoms with Gasteiger partial charge in [-0.15, -0.1) is 0 Å². The van der Waals surface area contributed by atoms with E-state index in [9.17, 15) is 5.11 Å². The van der Waals surface area contributed by atoms with E-state index in [-0.39, 0.29) is 6.61 Å². The molecule has 0 unspecified atom stereocenters. The van der Waals surface area contributed by atoms with Crippen LogP contribution in [-0.2, 0) is 0 Å². The number of anilines is 1. The van der Waals surface area contributed by atoms with Gasteiger partial charge in [0.05, 0.1) is 0 Å². The summed E-state index contributed by atoms with van der Waals surface area (Å²) < 4.78 is 0. The van der Waals surface area contributed by atoms with Crippen LogP contribution < -0.4 is 5.32 Å². The van der Waals surface area contributed by atoms with Crippen LogP contribution >= 0.6 is 24.0 Å². The molecule has 0 aliphatic rings. The Bertz CT molecular complexity index is 597. The number of nitrogens with one attached hydrogen (secondary N) is 1. The maximum atomic E-state index is 9.21. The van der Waals surface area contributed by atoms with Gasteiger partial charge in [-0.25, -0.2) is 0 Å². The molecular weight excluding hydrogens is 298 g/mol. The van der Waals surface area contributed by atoms with Crippen LogP contribution in [0, 0.1) is 0 Å². The zero-order valence-corrected chi connectivity index (χ0v) is 13.2. The minimum atomic E-state index is 0.0811. The Morgan fingerprint density at radius 2 is 1.67 bits per heavy atom. The highest BCUT2D eigenvalue weighted by molar-refractivity contribution is 8.02. The molecule has 0 fully saturated rings. The Balaban J connectivity index is 2.05. The van der Waals surface area contributed by atoms with Gasteiger partial charge in [-0.3, -0.25) is 0 Å². The predicted molar refractivity (Wildman–Crippen MR) is 94.7 cm³/mol. The van der Waals surface area contributed by atoms with Crippen molar-refractivity contribution >= 4 is 34.7 Å². The van der Waals surface area contributed by atoms with Gasteiger partial charge >= 0.3 is 0 Å². The van der Waals surface area contributed by atoms with E-state index in [4.69, 9.17) is 12.2 Å². The first kappa shape index (κ1) is 15.8. The summed E-state index contributed by atoms with van der Waals surface area (Å²) in [5.41, 5.74) is 1.89. The molecule has 0 aliphatic carbocycles. The van der Waals surface area contributed by atoms with Crippen molar-refractivity contribution in [1.29, 1.82) is 0 Å². The smallest absolute Gasteiger partial charge is 0.107 e. The predicted octanol–water partition coefficient (Wildman–Crippen LogP) is 4.48. The maximum Gasteiger partial charge on any atom is 0.107 e.